The Hall–Kier alpha value is -2.02. The molecule has 0 unspecified atom stereocenters. The third-order valence-corrected chi connectivity index (χ3v) is 4.01. The van der Waals surface area contributed by atoms with E-state index >= 15 is 0 Å². The van der Waals surface area contributed by atoms with Crippen molar-refractivity contribution in [3.63, 3.8) is 0 Å². The van der Waals surface area contributed by atoms with E-state index in [2.05, 4.69) is 27.7 Å². The zero-order valence-electron chi connectivity index (χ0n) is 10.8. The van der Waals surface area contributed by atoms with Gasteiger partial charge in [-0.2, -0.15) is 5.10 Å². The van der Waals surface area contributed by atoms with Gasteiger partial charge in [-0.1, -0.05) is 24.3 Å². The summed E-state index contributed by atoms with van der Waals surface area (Å²) in [5.74, 6) is -0.341. The predicted octanol–water partition coefficient (Wildman–Crippen LogP) is 4.10. The summed E-state index contributed by atoms with van der Waals surface area (Å²) < 4.78 is 15.8. The fourth-order valence-electron chi connectivity index (χ4n) is 2.09. The van der Waals surface area contributed by atoms with E-state index in [-0.39, 0.29) is 5.82 Å². The van der Waals surface area contributed by atoms with Crippen LogP contribution in [0.1, 0.15) is 10.4 Å². The maximum atomic E-state index is 13.3. The summed E-state index contributed by atoms with van der Waals surface area (Å²) in [6.07, 6.45) is 2.38. The maximum Gasteiger partial charge on any atom is 0.153 e. The van der Waals surface area contributed by atoms with Crippen LogP contribution in [-0.2, 0) is 0 Å². The van der Waals surface area contributed by atoms with E-state index in [1.54, 1.807) is 18.3 Å². The van der Waals surface area contributed by atoms with Gasteiger partial charge in [0.1, 0.15) is 11.5 Å². The minimum atomic E-state index is -0.341. The number of aldehydes is 1. The molecular formula is C16H10FIN2O. The summed E-state index contributed by atoms with van der Waals surface area (Å²) in [6.45, 7) is 0. The Bertz CT molecular complexity index is 814. The second-order valence-electron chi connectivity index (χ2n) is 4.46. The molecule has 5 heteroatoms. The molecule has 21 heavy (non-hydrogen) atoms. The highest BCUT2D eigenvalue weighted by molar-refractivity contribution is 14.1. The number of aromatic nitrogens is 2. The van der Waals surface area contributed by atoms with Crippen molar-refractivity contribution in [3.05, 3.63) is 69.7 Å². The van der Waals surface area contributed by atoms with Crippen molar-refractivity contribution in [2.24, 2.45) is 0 Å². The van der Waals surface area contributed by atoms with Gasteiger partial charge >= 0.3 is 0 Å². The van der Waals surface area contributed by atoms with Crippen LogP contribution < -0.4 is 0 Å². The first-order valence-electron chi connectivity index (χ1n) is 6.25. The van der Waals surface area contributed by atoms with Gasteiger partial charge in [0.25, 0.3) is 0 Å². The van der Waals surface area contributed by atoms with Crippen molar-refractivity contribution < 1.29 is 9.18 Å². The molecule has 0 radical (unpaired) electrons. The normalized spacial score (nSPS) is 10.6. The molecule has 0 amide bonds. The van der Waals surface area contributed by atoms with Crippen molar-refractivity contribution in [2.45, 2.75) is 0 Å². The van der Waals surface area contributed by atoms with Crippen molar-refractivity contribution in [1.82, 2.24) is 9.78 Å². The zero-order valence-corrected chi connectivity index (χ0v) is 13.0. The molecule has 3 rings (SSSR count). The number of rotatable bonds is 3. The van der Waals surface area contributed by atoms with Crippen LogP contribution in [-0.4, -0.2) is 16.1 Å². The predicted molar refractivity (Wildman–Crippen MR) is 87.1 cm³/mol. The van der Waals surface area contributed by atoms with Crippen molar-refractivity contribution in [2.75, 3.05) is 0 Å². The number of carbonyl (C=O) groups excluding carboxylic acids is 1. The highest BCUT2D eigenvalue weighted by Crippen LogP contribution is 2.27. The third-order valence-electron chi connectivity index (χ3n) is 3.07. The Kier molecular flexibility index (Phi) is 3.83. The molecule has 0 aliphatic carbocycles. The second-order valence-corrected chi connectivity index (χ2v) is 5.62. The first kappa shape index (κ1) is 13.9. The second kappa shape index (κ2) is 5.77. The average Bonchev–Trinajstić information content (AvgIpc) is 2.92. The largest absolute Gasteiger partial charge is 0.298 e. The molecule has 0 spiro atoms. The number of halogens is 2. The third kappa shape index (κ3) is 2.73. The minimum Gasteiger partial charge on any atom is -0.298 e. The number of benzene rings is 2. The molecular weight excluding hydrogens is 382 g/mol. The van der Waals surface area contributed by atoms with Gasteiger partial charge in [0.15, 0.2) is 6.29 Å². The summed E-state index contributed by atoms with van der Waals surface area (Å²) in [6, 6.07) is 13.8. The van der Waals surface area contributed by atoms with Gasteiger partial charge in [-0.05, 0) is 46.9 Å². The van der Waals surface area contributed by atoms with Crippen LogP contribution in [0.5, 0.6) is 0 Å². The number of carbonyl (C=O) groups is 1. The van der Waals surface area contributed by atoms with E-state index in [0.717, 1.165) is 15.4 Å². The van der Waals surface area contributed by atoms with Gasteiger partial charge in [0.2, 0.25) is 0 Å². The van der Waals surface area contributed by atoms with E-state index in [1.165, 1.54) is 16.8 Å². The minimum absolute atomic E-state index is 0.341. The molecule has 1 heterocycles. The van der Waals surface area contributed by atoms with E-state index in [9.17, 15) is 9.18 Å². The number of nitrogens with zero attached hydrogens (tertiary/aromatic N) is 2. The topological polar surface area (TPSA) is 34.9 Å². The lowest BCUT2D eigenvalue weighted by atomic mass is 10.1. The summed E-state index contributed by atoms with van der Waals surface area (Å²) in [5, 5.41) is 4.44. The Labute approximate surface area is 134 Å². The van der Waals surface area contributed by atoms with E-state index in [4.69, 9.17) is 0 Å². The molecule has 0 N–H and O–H groups in total. The first-order chi connectivity index (χ1) is 10.2. The summed E-state index contributed by atoms with van der Waals surface area (Å²) in [5.41, 5.74) is 2.54. The Morgan fingerprint density at radius 3 is 2.67 bits per heavy atom. The van der Waals surface area contributed by atoms with Crippen LogP contribution in [0.2, 0.25) is 0 Å². The number of hydrogen-bond acceptors (Lipinski definition) is 2. The van der Waals surface area contributed by atoms with Crippen LogP contribution in [0.15, 0.2) is 54.7 Å². The zero-order chi connectivity index (χ0) is 14.8. The van der Waals surface area contributed by atoms with E-state index in [0.29, 0.717) is 16.9 Å². The van der Waals surface area contributed by atoms with Crippen LogP contribution in [0.3, 0.4) is 0 Å². The molecule has 0 saturated carbocycles. The van der Waals surface area contributed by atoms with Gasteiger partial charge in [-0.3, -0.25) is 4.79 Å². The van der Waals surface area contributed by atoms with Gasteiger partial charge < -0.3 is 0 Å². The van der Waals surface area contributed by atoms with E-state index < -0.39 is 0 Å². The maximum absolute atomic E-state index is 13.3. The molecule has 3 nitrogen and oxygen atoms in total. The van der Waals surface area contributed by atoms with Gasteiger partial charge in [-0.25, -0.2) is 9.07 Å². The first-order valence-corrected chi connectivity index (χ1v) is 7.32. The fraction of sp³-hybridized carbons (Fsp3) is 0. The molecule has 0 fully saturated rings. The molecule has 0 bridgehead atoms. The van der Waals surface area contributed by atoms with Gasteiger partial charge in [-0.15, -0.1) is 0 Å². The summed E-state index contributed by atoms with van der Waals surface area (Å²) >= 11 is 2.20. The molecule has 0 atom stereocenters. The van der Waals surface area contributed by atoms with Crippen LogP contribution in [0.4, 0.5) is 4.39 Å². The SMILES string of the molecule is O=Cc1cn(-c2cccc(F)c2)nc1-c1ccccc1I. The molecule has 1 aromatic heterocycles. The molecule has 0 aliphatic heterocycles. The molecule has 3 aromatic rings. The molecule has 0 aliphatic rings. The van der Waals surface area contributed by atoms with Crippen LogP contribution in [0.25, 0.3) is 16.9 Å². The summed E-state index contributed by atoms with van der Waals surface area (Å²) in [7, 11) is 0. The van der Waals surface area contributed by atoms with Crippen molar-refractivity contribution in [1.29, 1.82) is 0 Å². The Balaban J connectivity index is 2.15. The van der Waals surface area contributed by atoms with Crippen molar-refractivity contribution >= 4 is 28.9 Å². The lowest BCUT2D eigenvalue weighted by Gasteiger charge is -2.02. The molecule has 104 valence electrons. The Morgan fingerprint density at radius 2 is 1.95 bits per heavy atom. The standard InChI is InChI=1S/C16H10FIN2O/c17-12-4-3-5-13(8-12)20-9-11(10-21)16(19-20)14-6-1-2-7-15(14)18/h1-10H. The number of hydrogen-bond donors (Lipinski definition) is 0. The van der Waals surface area contributed by atoms with Crippen LogP contribution >= 0.6 is 22.6 Å². The quantitative estimate of drug-likeness (QED) is 0.497. The summed E-state index contributed by atoms with van der Waals surface area (Å²) in [4.78, 5) is 11.3. The molecule has 2 aromatic carbocycles. The van der Waals surface area contributed by atoms with E-state index in [1.807, 2.05) is 24.3 Å². The smallest absolute Gasteiger partial charge is 0.153 e. The van der Waals surface area contributed by atoms with Crippen molar-refractivity contribution in [3.8, 4) is 16.9 Å². The van der Waals surface area contributed by atoms with Crippen LogP contribution in [0, 0.1) is 9.39 Å². The monoisotopic (exact) mass is 392 g/mol. The van der Waals surface area contributed by atoms with Gasteiger partial charge in [0.05, 0.1) is 11.3 Å². The molecule has 0 saturated heterocycles. The highest BCUT2D eigenvalue weighted by Gasteiger charge is 2.14. The lowest BCUT2D eigenvalue weighted by molar-refractivity contribution is 0.112. The lowest BCUT2D eigenvalue weighted by Crippen LogP contribution is -1.95. The highest BCUT2D eigenvalue weighted by atomic mass is 127. The fourth-order valence-corrected chi connectivity index (χ4v) is 2.73. The average molecular weight is 392 g/mol. The van der Waals surface area contributed by atoms with Gasteiger partial charge in [0, 0.05) is 15.3 Å². The Morgan fingerprint density at radius 1 is 1.14 bits per heavy atom.